The van der Waals surface area contributed by atoms with E-state index in [2.05, 4.69) is 48.6 Å². The van der Waals surface area contributed by atoms with Crippen LogP contribution in [0.15, 0.2) is 78.9 Å². The molecule has 176 valence electrons. The number of fused-ring (bicyclic) bond motifs is 3. The van der Waals surface area contributed by atoms with Crippen LogP contribution in [-0.2, 0) is 12.8 Å². The molecule has 0 N–H and O–H groups in total. The van der Waals surface area contributed by atoms with Crippen LogP contribution in [0, 0.1) is 0 Å². The van der Waals surface area contributed by atoms with Crippen LogP contribution in [0.4, 0.5) is 0 Å². The Kier molecular flexibility index (Phi) is 6.44. The van der Waals surface area contributed by atoms with Crippen molar-refractivity contribution in [1.82, 2.24) is 0 Å². The second-order valence-electron chi connectivity index (χ2n) is 8.44. The highest BCUT2D eigenvalue weighted by atomic mass is 16.5. The van der Waals surface area contributed by atoms with E-state index in [9.17, 15) is 0 Å². The minimum atomic E-state index is 0.673. The fourth-order valence-electron chi connectivity index (χ4n) is 4.49. The monoisotopic (exact) mass is 464 g/mol. The van der Waals surface area contributed by atoms with E-state index in [4.69, 9.17) is 18.9 Å². The average Bonchev–Trinajstić information content (AvgIpc) is 2.90. The molecule has 2 heterocycles. The second kappa shape index (κ2) is 9.98. The lowest BCUT2D eigenvalue weighted by atomic mass is 9.91. The fraction of sp³-hybridized carbons (Fsp3) is 0.161. The highest BCUT2D eigenvalue weighted by Gasteiger charge is 2.16. The lowest BCUT2D eigenvalue weighted by Crippen LogP contribution is -1.99. The van der Waals surface area contributed by atoms with Crippen molar-refractivity contribution in [2.24, 2.45) is 0 Å². The molecule has 0 saturated carbocycles. The zero-order valence-corrected chi connectivity index (χ0v) is 20.2. The first-order valence-electron chi connectivity index (χ1n) is 11.7. The third-order valence-electron chi connectivity index (χ3n) is 6.34. The highest BCUT2D eigenvalue weighted by molar-refractivity contribution is 5.86. The number of hydrogen-bond donors (Lipinski definition) is 0. The molecule has 0 spiro atoms. The van der Waals surface area contributed by atoms with Crippen molar-refractivity contribution in [3.63, 3.8) is 0 Å². The molecule has 0 radical (unpaired) electrons. The number of rotatable bonds is 3. The predicted octanol–water partition coefficient (Wildman–Crippen LogP) is 7.44. The van der Waals surface area contributed by atoms with Gasteiger partial charge in [0, 0.05) is 5.56 Å². The summed E-state index contributed by atoms with van der Waals surface area (Å²) in [6.45, 7) is 0. The van der Waals surface area contributed by atoms with Gasteiger partial charge >= 0.3 is 0 Å². The summed E-state index contributed by atoms with van der Waals surface area (Å²) in [5.41, 5.74) is 6.74. The van der Waals surface area contributed by atoms with Gasteiger partial charge in [-0.05, 0) is 89.2 Å². The molecule has 6 rings (SSSR count). The van der Waals surface area contributed by atoms with Gasteiger partial charge in [-0.15, -0.1) is 0 Å². The van der Waals surface area contributed by atoms with Gasteiger partial charge in [0.05, 0.1) is 21.3 Å². The first-order chi connectivity index (χ1) is 17.2. The standard InChI is InChI=1S/C31H28O4/c1-32-26-16-17-27-24(20-26)13-8-22-11-18-28(33-2)30(19-22)35-25-14-9-21(10-15-25)7-12-23-5-4-6-29(34-3)31(23)27/h4-6,8-11,13-20H,7,12H2,1-3H3. The van der Waals surface area contributed by atoms with Crippen LogP contribution >= 0.6 is 0 Å². The quantitative estimate of drug-likeness (QED) is 0.316. The zero-order chi connectivity index (χ0) is 24.2. The second-order valence-corrected chi connectivity index (χ2v) is 8.44. The summed E-state index contributed by atoms with van der Waals surface area (Å²) >= 11 is 0. The van der Waals surface area contributed by atoms with Crippen LogP contribution in [0.1, 0.15) is 22.3 Å². The lowest BCUT2D eigenvalue weighted by molar-refractivity contribution is 0.379. The van der Waals surface area contributed by atoms with Gasteiger partial charge in [-0.3, -0.25) is 0 Å². The number of aryl methyl sites for hydroxylation is 2. The molecular weight excluding hydrogens is 436 g/mol. The Labute approximate surface area is 206 Å². The first-order valence-corrected chi connectivity index (χ1v) is 11.7. The fourth-order valence-corrected chi connectivity index (χ4v) is 4.49. The van der Waals surface area contributed by atoms with Gasteiger partial charge in [0.2, 0.25) is 0 Å². The van der Waals surface area contributed by atoms with E-state index >= 15 is 0 Å². The van der Waals surface area contributed by atoms with E-state index in [0.717, 1.165) is 52.3 Å². The summed E-state index contributed by atoms with van der Waals surface area (Å²) in [4.78, 5) is 0. The summed E-state index contributed by atoms with van der Waals surface area (Å²) in [6, 6.07) is 26.6. The molecule has 4 bridgehead atoms. The molecule has 0 fully saturated rings. The first kappa shape index (κ1) is 22.6. The molecule has 2 aliphatic heterocycles. The molecular formula is C31H28O4. The van der Waals surface area contributed by atoms with Crippen LogP contribution < -0.4 is 18.9 Å². The van der Waals surface area contributed by atoms with Crippen LogP contribution in [-0.4, -0.2) is 21.3 Å². The third kappa shape index (κ3) is 4.73. The maximum atomic E-state index is 6.19. The molecule has 0 saturated heterocycles. The molecule has 0 aromatic heterocycles. The maximum Gasteiger partial charge on any atom is 0.169 e. The van der Waals surface area contributed by atoms with Gasteiger partial charge < -0.3 is 18.9 Å². The van der Waals surface area contributed by atoms with Crippen molar-refractivity contribution in [3.05, 3.63) is 101 Å². The Balaban J connectivity index is 1.73. The molecule has 0 amide bonds. The Morgan fingerprint density at radius 1 is 0.686 bits per heavy atom. The van der Waals surface area contributed by atoms with E-state index in [1.807, 2.05) is 42.5 Å². The van der Waals surface area contributed by atoms with Crippen molar-refractivity contribution in [1.29, 1.82) is 0 Å². The minimum absolute atomic E-state index is 0.673. The van der Waals surface area contributed by atoms with E-state index < -0.39 is 0 Å². The molecule has 0 aliphatic carbocycles. The van der Waals surface area contributed by atoms with E-state index in [-0.39, 0.29) is 0 Å². The largest absolute Gasteiger partial charge is 0.497 e. The Morgan fingerprint density at radius 3 is 2.29 bits per heavy atom. The van der Waals surface area contributed by atoms with Gasteiger partial charge in [-0.1, -0.05) is 42.5 Å². The minimum Gasteiger partial charge on any atom is -0.497 e. The highest BCUT2D eigenvalue weighted by Crippen LogP contribution is 2.39. The predicted molar refractivity (Wildman–Crippen MR) is 141 cm³/mol. The summed E-state index contributed by atoms with van der Waals surface area (Å²) in [5.74, 6) is 3.80. The van der Waals surface area contributed by atoms with Crippen LogP contribution in [0.5, 0.6) is 28.7 Å². The van der Waals surface area contributed by atoms with Crippen LogP contribution in [0.25, 0.3) is 23.3 Å². The normalized spacial score (nSPS) is 12.3. The maximum absolute atomic E-state index is 6.19. The molecule has 4 heteroatoms. The smallest absolute Gasteiger partial charge is 0.169 e. The van der Waals surface area contributed by atoms with Gasteiger partial charge in [-0.25, -0.2) is 0 Å². The van der Waals surface area contributed by atoms with Gasteiger partial charge in [0.15, 0.2) is 11.5 Å². The SMILES string of the molecule is COc1ccc2c(c1)C=Cc1ccc(OC)c(c1)Oc1ccc(cc1)CCc1cccc(OC)c1-2. The van der Waals surface area contributed by atoms with Gasteiger partial charge in [0.1, 0.15) is 17.2 Å². The van der Waals surface area contributed by atoms with Gasteiger partial charge in [-0.2, -0.15) is 0 Å². The number of hydrogen-bond acceptors (Lipinski definition) is 4. The summed E-state index contributed by atoms with van der Waals surface area (Å²) in [6.07, 6.45) is 5.98. The molecule has 2 aliphatic rings. The topological polar surface area (TPSA) is 36.9 Å². The van der Waals surface area contributed by atoms with Crippen molar-refractivity contribution in [2.75, 3.05) is 21.3 Å². The van der Waals surface area contributed by atoms with Crippen molar-refractivity contribution < 1.29 is 18.9 Å². The number of methoxy groups -OCH3 is 3. The van der Waals surface area contributed by atoms with Crippen molar-refractivity contribution in [2.45, 2.75) is 12.8 Å². The zero-order valence-electron chi connectivity index (χ0n) is 20.2. The average molecular weight is 465 g/mol. The lowest BCUT2D eigenvalue weighted by Gasteiger charge is -2.18. The van der Waals surface area contributed by atoms with Crippen molar-refractivity contribution in [3.8, 4) is 39.9 Å². The van der Waals surface area contributed by atoms with E-state index in [1.165, 1.54) is 11.1 Å². The van der Waals surface area contributed by atoms with Crippen LogP contribution in [0.3, 0.4) is 0 Å². The van der Waals surface area contributed by atoms with E-state index in [0.29, 0.717) is 11.5 Å². The molecule has 0 unspecified atom stereocenters. The summed E-state index contributed by atoms with van der Waals surface area (Å²) in [5, 5.41) is 0. The third-order valence-corrected chi connectivity index (χ3v) is 6.34. The Hall–Kier alpha value is -4.18. The molecule has 35 heavy (non-hydrogen) atoms. The molecule has 4 aromatic carbocycles. The van der Waals surface area contributed by atoms with Gasteiger partial charge in [0.25, 0.3) is 0 Å². The van der Waals surface area contributed by atoms with E-state index in [1.54, 1.807) is 21.3 Å². The molecule has 0 atom stereocenters. The van der Waals surface area contributed by atoms with Crippen LogP contribution in [0.2, 0.25) is 0 Å². The van der Waals surface area contributed by atoms with Crippen molar-refractivity contribution >= 4 is 12.2 Å². The molecule has 4 aromatic rings. The Morgan fingerprint density at radius 2 is 1.51 bits per heavy atom. The summed E-state index contributed by atoms with van der Waals surface area (Å²) in [7, 11) is 5.07. The Bertz CT molecular complexity index is 1370. The number of benzene rings is 4. The number of ether oxygens (including phenoxy) is 4. The molecule has 4 nitrogen and oxygen atoms in total. The summed E-state index contributed by atoms with van der Waals surface area (Å²) < 4.78 is 23.1.